The van der Waals surface area contributed by atoms with Gasteiger partial charge >= 0.3 is 0 Å². The first-order valence-electron chi connectivity index (χ1n) is 9.37. The maximum Gasteiger partial charge on any atom is 0.275 e. The molecule has 0 atom stereocenters. The van der Waals surface area contributed by atoms with Crippen molar-refractivity contribution in [2.75, 3.05) is 13.6 Å². The molecule has 0 fully saturated rings. The number of aromatic nitrogens is 3. The Labute approximate surface area is 172 Å². The van der Waals surface area contributed by atoms with E-state index in [-0.39, 0.29) is 17.4 Å². The van der Waals surface area contributed by atoms with E-state index in [0.717, 1.165) is 11.1 Å². The lowest BCUT2D eigenvalue weighted by Crippen LogP contribution is -2.29. The van der Waals surface area contributed by atoms with Gasteiger partial charge in [-0.2, -0.15) is 4.98 Å². The maximum atomic E-state index is 13.0. The molecule has 0 aliphatic heterocycles. The fourth-order valence-electron chi connectivity index (χ4n) is 2.86. The quantitative estimate of drug-likeness (QED) is 0.478. The van der Waals surface area contributed by atoms with Crippen molar-refractivity contribution in [3.63, 3.8) is 0 Å². The Morgan fingerprint density at radius 3 is 2.43 bits per heavy atom. The second-order valence-corrected chi connectivity index (χ2v) is 6.94. The van der Waals surface area contributed by atoms with Crippen LogP contribution < -0.4 is 0 Å². The monoisotopic (exact) mass is 406 g/mol. The molecule has 8 heteroatoms. The highest BCUT2D eigenvalue weighted by atomic mass is 19.1. The van der Waals surface area contributed by atoms with Crippen LogP contribution >= 0.6 is 0 Å². The lowest BCUT2D eigenvalue weighted by molar-refractivity contribution is 0.0785. The zero-order chi connectivity index (χ0) is 21.1. The number of carbonyl (C=O) groups excluding carboxylic acids is 1. The van der Waals surface area contributed by atoms with E-state index < -0.39 is 0 Å². The van der Waals surface area contributed by atoms with Crippen LogP contribution in [0.5, 0.6) is 0 Å². The van der Waals surface area contributed by atoms with E-state index >= 15 is 0 Å². The van der Waals surface area contributed by atoms with Gasteiger partial charge in [0, 0.05) is 37.2 Å². The summed E-state index contributed by atoms with van der Waals surface area (Å²) in [5, 5.41) is 7.81. The van der Waals surface area contributed by atoms with E-state index in [2.05, 4.69) is 15.3 Å². The third kappa shape index (κ3) is 4.27. The first-order valence-corrected chi connectivity index (χ1v) is 9.37. The van der Waals surface area contributed by atoms with Crippen LogP contribution in [0, 0.1) is 12.7 Å². The number of hydrogen-bond acceptors (Lipinski definition) is 6. The first kappa shape index (κ1) is 19.5. The van der Waals surface area contributed by atoms with Crippen molar-refractivity contribution in [3.05, 3.63) is 77.5 Å². The zero-order valence-electron chi connectivity index (χ0n) is 16.5. The predicted octanol–water partition coefficient (Wildman–Crippen LogP) is 4.15. The van der Waals surface area contributed by atoms with Gasteiger partial charge in [-0.15, -0.1) is 0 Å². The minimum atomic E-state index is -0.336. The number of benzene rings is 2. The molecule has 152 valence electrons. The average molecular weight is 406 g/mol. The number of nitrogens with zero attached hydrogens (tertiary/aromatic N) is 4. The number of aryl methyl sites for hydroxylation is 1. The van der Waals surface area contributed by atoms with Crippen molar-refractivity contribution in [1.82, 2.24) is 20.2 Å². The van der Waals surface area contributed by atoms with Gasteiger partial charge in [-0.05, 0) is 31.2 Å². The van der Waals surface area contributed by atoms with Crippen LogP contribution in [-0.2, 0) is 6.42 Å². The molecule has 0 unspecified atom stereocenters. The van der Waals surface area contributed by atoms with E-state index in [1.54, 1.807) is 25.2 Å². The number of rotatable bonds is 6. The highest BCUT2D eigenvalue weighted by Gasteiger charge is 2.18. The van der Waals surface area contributed by atoms with E-state index in [1.807, 2.05) is 31.2 Å². The van der Waals surface area contributed by atoms with Gasteiger partial charge in [-0.3, -0.25) is 4.79 Å². The highest BCUT2D eigenvalue weighted by molar-refractivity contribution is 5.92. The van der Waals surface area contributed by atoms with E-state index in [4.69, 9.17) is 9.05 Å². The van der Waals surface area contributed by atoms with Crippen molar-refractivity contribution in [2.24, 2.45) is 0 Å². The number of carbonyl (C=O) groups is 1. The first-order chi connectivity index (χ1) is 14.5. The number of likely N-dealkylation sites (N-methyl/N-ethyl adjacent to an activating group) is 1. The summed E-state index contributed by atoms with van der Waals surface area (Å²) in [6.45, 7) is 2.37. The summed E-state index contributed by atoms with van der Waals surface area (Å²) in [5.74, 6) is 0.693. The summed E-state index contributed by atoms with van der Waals surface area (Å²) in [4.78, 5) is 18.4. The third-order valence-corrected chi connectivity index (χ3v) is 4.64. The topological polar surface area (TPSA) is 85.3 Å². The van der Waals surface area contributed by atoms with Gasteiger partial charge < -0.3 is 13.9 Å². The Kier molecular flexibility index (Phi) is 5.38. The molecule has 2 aromatic carbocycles. The van der Waals surface area contributed by atoms with Gasteiger partial charge in [-0.25, -0.2) is 4.39 Å². The van der Waals surface area contributed by atoms with Crippen LogP contribution in [0.25, 0.3) is 22.8 Å². The zero-order valence-corrected chi connectivity index (χ0v) is 16.5. The molecule has 4 aromatic rings. The SMILES string of the molecule is Cc1ccc(-c2cc(C(=O)N(C)CCc3noc(-c4ccc(F)cc4)n3)no2)cc1. The van der Waals surface area contributed by atoms with Crippen LogP contribution in [-0.4, -0.2) is 39.7 Å². The van der Waals surface area contributed by atoms with E-state index in [1.165, 1.54) is 17.0 Å². The van der Waals surface area contributed by atoms with Crippen LogP contribution in [0.4, 0.5) is 4.39 Å². The lowest BCUT2D eigenvalue weighted by atomic mass is 10.1. The van der Waals surface area contributed by atoms with Crippen molar-refractivity contribution < 1.29 is 18.2 Å². The predicted molar refractivity (Wildman–Crippen MR) is 107 cm³/mol. The molecule has 7 nitrogen and oxygen atoms in total. The molecule has 30 heavy (non-hydrogen) atoms. The maximum absolute atomic E-state index is 13.0. The lowest BCUT2D eigenvalue weighted by Gasteiger charge is -2.13. The molecule has 0 bridgehead atoms. The van der Waals surface area contributed by atoms with Gasteiger partial charge in [0.1, 0.15) is 5.82 Å². The second-order valence-electron chi connectivity index (χ2n) is 6.94. The average Bonchev–Trinajstić information content (AvgIpc) is 3.43. The third-order valence-electron chi connectivity index (χ3n) is 4.64. The van der Waals surface area contributed by atoms with Gasteiger partial charge in [-0.1, -0.05) is 40.1 Å². The highest BCUT2D eigenvalue weighted by Crippen LogP contribution is 2.21. The standard InChI is InChI=1S/C22H19FN4O3/c1-14-3-5-15(6-4-14)19-13-18(25-29-19)22(28)27(2)12-11-20-24-21(30-26-20)16-7-9-17(23)10-8-16/h3-10,13H,11-12H2,1-2H3. The summed E-state index contributed by atoms with van der Waals surface area (Å²) in [5.41, 5.74) is 2.85. The minimum Gasteiger partial charge on any atom is -0.355 e. The fourth-order valence-corrected chi connectivity index (χ4v) is 2.86. The number of halogens is 1. The van der Waals surface area contributed by atoms with Crippen LogP contribution in [0.1, 0.15) is 21.9 Å². The van der Waals surface area contributed by atoms with Crippen LogP contribution in [0.15, 0.2) is 63.6 Å². The molecule has 0 aliphatic rings. The van der Waals surface area contributed by atoms with Crippen molar-refractivity contribution >= 4 is 5.91 Å². The molecule has 0 saturated heterocycles. The van der Waals surface area contributed by atoms with E-state index in [9.17, 15) is 9.18 Å². The van der Waals surface area contributed by atoms with Gasteiger partial charge in [0.05, 0.1) is 0 Å². The summed E-state index contributed by atoms with van der Waals surface area (Å²) < 4.78 is 23.6. The molecule has 0 radical (unpaired) electrons. The summed E-state index contributed by atoms with van der Waals surface area (Å²) in [6.07, 6.45) is 0.398. The molecule has 0 N–H and O–H groups in total. The second kappa shape index (κ2) is 8.28. The summed E-state index contributed by atoms with van der Waals surface area (Å²) >= 11 is 0. The number of hydrogen-bond donors (Lipinski definition) is 0. The van der Waals surface area contributed by atoms with Crippen molar-refractivity contribution in [1.29, 1.82) is 0 Å². The molecular weight excluding hydrogens is 387 g/mol. The smallest absolute Gasteiger partial charge is 0.275 e. The molecule has 2 heterocycles. The van der Waals surface area contributed by atoms with Gasteiger partial charge in [0.15, 0.2) is 17.3 Å². The largest absolute Gasteiger partial charge is 0.355 e. The molecular formula is C22H19FN4O3. The van der Waals surface area contributed by atoms with Crippen LogP contribution in [0.3, 0.4) is 0 Å². The Bertz CT molecular complexity index is 1150. The van der Waals surface area contributed by atoms with Crippen molar-refractivity contribution in [3.8, 4) is 22.8 Å². The Morgan fingerprint density at radius 2 is 1.70 bits per heavy atom. The molecule has 0 saturated carbocycles. The Morgan fingerprint density at radius 1 is 1.00 bits per heavy atom. The normalized spacial score (nSPS) is 10.9. The summed E-state index contributed by atoms with van der Waals surface area (Å²) in [7, 11) is 1.67. The Hall–Kier alpha value is -3.81. The van der Waals surface area contributed by atoms with Gasteiger partial charge in [0.2, 0.25) is 0 Å². The summed E-state index contributed by atoms with van der Waals surface area (Å²) in [6, 6.07) is 15.2. The molecule has 4 rings (SSSR count). The molecule has 0 spiro atoms. The molecule has 0 aliphatic carbocycles. The molecule has 1 amide bonds. The van der Waals surface area contributed by atoms with E-state index in [0.29, 0.717) is 36.0 Å². The fraction of sp³-hybridized carbons (Fsp3) is 0.182. The Balaban J connectivity index is 1.37. The number of amides is 1. The van der Waals surface area contributed by atoms with Crippen LogP contribution in [0.2, 0.25) is 0 Å². The van der Waals surface area contributed by atoms with Crippen molar-refractivity contribution in [2.45, 2.75) is 13.3 Å². The molecule has 2 aromatic heterocycles. The van der Waals surface area contributed by atoms with Gasteiger partial charge in [0.25, 0.3) is 11.8 Å². The minimum absolute atomic E-state index is 0.230.